The summed E-state index contributed by atoms with van der Waals surface area (Å²) in [5.74, 6) is 0.236. The monoisotopic (exact) mass is 224 g/mol. The third-order valence-electron chi connectivity index (χ3n) is 2.62. The summed E-state index contributed by atoms with van der Waals surface area (Å²) in [5, 5.41) is 0. The first-order chi connectivity index (χ1) is 7.72. The van der Waals surface area contributed by atoms with Crippen LogP contribution in [0.15, 0.2) is 16.6 Å². The molecule has 0 saturated carbocycles. The Balaban J connectivity index is 0.00000106. The highest BCUT2D eigenvalue weighted by molar-refractivity contribution is 6.02. The predicted octanol–water partition coefficient (Wildman–Crippen LogP) is 2.67. The van der Waals surface area contributed by atoms with Crippen LogP contribution in [0.3, 0.4) is 0 Å². The molecule has 1 aliphatic heterocycles. The van der Waals surface area contributed by atoms with Crippen molar-refractivity contribution in [1.82, 2.24) is 4.90 Å². The number of hydrogen-bond acceptors (Lipinski definition) is 2. The first-order valence-electron chi connectivity index (χ1n) is 6.11. The lowest BCUT2D eigenvalue weighted by Crippen LogP contribution is -2.39. The van der Waals surface area contributed by atoms with Crippen molar-refractivity contribution in [1.29, 1.82) is 0 Å². The van der Waals surface area contributed by atoms with E-state index in [1.54, 1.807) is 0 Å². The molecule has 0 atom stereocenters. The van der Waals surface area contributed by atoms with Crippen molar-refractivity contribution in [2.45, 2.75) is 40.5 Å². The normalized spacial score (nSPS) is 20.7. The zero-order valence-electron chi connectivity index (χ0n) is 11.2. The van der Waals surface area contributed by atoms with Gasteiger partial charge in [0.05, 0.1) is 0 Å². The lowest BCUT2D eigenvalue weighted by molar-refractivity contribution is -0.130. The highest BCUT2D eigenvalue weighted by Crippen LogP contribution is 2.14. The maximum absolute atomic E-state index is 11.5. The van der Waals surface area contributed by atoms with E-state index in [2.05, 4.69) is 11.1 Å². The number of carbonyl (C=O) groups excluding carboxylic acids is 1. The summed E-state index contributed by atoms with van der Waals surface area (Å²) in [6.45, 7) is 9.45. The fourth-order valence-corrected chi connectivity index (χ4v) is 1.73. The van der Waals surface area contributed by atoms with E-state index in [1.807, 2.05) is 39.6 Å². The highest BCUT2D eigenvalue weighted by Gasteiger charge is 2.21. The molecule has 0 aromatic carbocycles. The molecule has 0 aliphatic carbocycles. The Labute approximate surface area is 99.2 Å². The zero-order valence-corrected chi connectivity index (χ0v) is 11.2. The van der Waals surface area contributed by atoms with Crippen LogP contribution in [0.4, 0.5) is 0 Å². The van der Waals surface area contributed by atoms with Gasteiger partial charge in [-0.15, -0.1) is 0 Å². The molecule has 92 valence electrons. The summed E-state index contributed by atoms with van der Waals surface area (Å²) >= 11 is 0. The molecular weight excluding hydrogens is 200 g/mol. The van der Waals surface area contributed by atoms with Gasteiger partial charge in [0.2, 0.25) is 5.91 Å². The zero-order chi connectivity index (χ0) is 12.6. The van der Waals surface area contributed by atoms with Gasteiger partial charge < -0.3 is 4.90 Å². The average molecular weight is 224 g/mol. The van der Waals surface area contributed by atoms with Gasteiger partial charge in [-0.05, 0) is 12.5 Å². The van der Waals surface area contributed by atoms with Crippen molar-refractivity contribution < 1.29 is 4.79 Å². The molecule has 0 unspecified atom stereocenters. The number of hydrogen-bond donors (Lipinski definition) is 0. The Bertz CT molecular complexity index is 280. The summed E-state index contributed by atoms with van der Waals surface area (Å²) in [7, 11) is 1.82. The Hall–Kier alpha value is -1.12. The molecule has 1 amide bonds. The summed E-state index contributed by atoms with van der Waals surface area (Å²) in [6, 6.07) is 0. The van der Waals surface area contributed by atoms with Gasteiger partial charge in [0.1, 0.15) is 0 Å². The van der Waals surface area contributed by atoms with E-state index in [0.717, 1.165) is 25.2 Å². The van der Waals surface area contributed by atoms with Gasteiger partial charge in [0.15, 0.2) is 0 Å². The third kappa shape index (κ3) is 3.80. The van der Waals surface area contributed by atoms with Crippen molar-refractivity contribution >= 4 is 11.6 Å². The topological polar surface area (TPSA) is 32.7 Å². The fourth-order valence-electron chi connectivity index (χ4n) is 1.73. The number of carbonyl (C=O) groups is 1. The maximum atomic E-state index is 11.5. The molecule has 16 heavy (non-hydrogen) atoms. The van der Waals surface area contributed by atoms with Crippen LogP contribution < -0.4 is 0 Å². The second kappa shape index (κ2) is 8.08. The van der Waals surface area contributed by atoms with E-state index in [4.69, 9.17) is 0 Å². The van der Waals surface area contributed by atoms with Gasteiger partial charge in [0.25, 0.3) is 0 Å². The Morgan fingerprint density at radius 2 is 2.12 bits per heavy atom. The first-order valence-corrected chi connectivity index (χ1v) is 6.11. The quantitative estimate of drug-likeness (QED) is 0.674. The molecule has 1 aliphatic rings. The Morgan fingerprint density at radius 3 is 2.56 bits per heavy atom. The van der Waals surface area contributed by atoms with Crippen molar-refractivity contribution in [3.63, 3.8) is 0 Å². The molecule has 0 N–H and O–H groups in total. The maximum Gasteiger partial charge on any atom is 0.222 e. The van der Waals surface area contributed by atoms with E-state index in [0.29, 0.717) is 6.42 Å². The Kier molecular flexibility index (Phi) is 7.52. The van der Waals surface area contributed by atoms with Crippen LogP contribution in [0.25, 0.3) is 0 Å². The van der Waals surface area contributed by atoms with Gasteiger partial charge in [-0.3, -0.25) is 9.79 Å². The van der Waals surface area contributed by atoms with E-state index in [9.17, 15) is 4.79 Å². The second-order valence-electron chi connectivity index (χ2n) is 3.40. The van der Waals surface area contributed by atoms with Crippen LogP contribution in [0.1, 0.15) is 40.5 Å². The smallest absolute Gasteiger partial charge is 0.222 e. The standard InChI is InChI=1S/C11H18N2O.C2H6/c1-4-9-8-13(11(14)5-2)7-6-10(9)12-3;1-2/h4H,5-8H2,1-3H3;1-2H3/b9-4-,12-10?;. The molecule has 0 aromatic rings. The molecule has 1 fully saturated rings. The fraction of sp³-hybridized carbons (Fsp3) is 0.692. The van der Waals surface area contributed by atoms with Gasteiger partial charge in [-0.1, -0.05) is 26.8 Å². The number of allylic oxidation sites excluding steroid dienone is 1. The third-order valence-corrected chi connectivity index (χ3v) is 2.62. The van der Waals surface area contributed by atoms with Gasteiger partial charge in [-0.2, -0.15) is 0 Å². The van der Waals surface area contributed by atoms with Crippen molar-refractivity contribution in [3.8, 4) is 0 Å². The van der Waals surface area contributed by atoms with E-state index in [-0.39, 0.29) is 5.91 Å². The van der Waals surface area contributed by atoms with Crippen LogP contribution in [-0.2, 0) is 4.79 Å². The number of piperidine rings is 1. The van der Waals surface area contributed by atoms with Crippen molar-refractivity contribution in [2.24, 2.45) is 4.99 Å². The summed E-state index contributed by atoms with van der Waals surface area (Å²) in [5.41, 5.74) is 2.34. The largest absolute Gasteiger partial charge is 0.338 e. The van der Waals surface area contributed by atoms with Crippen molar-refractivity contribution in [3.05, 3.63) is 11.6 Å². The van der Waals surface area contributed by atoms with Gasteiger partial charge in [0, 0.05) is 38.7 Å². The van der Waals surface area contributed by atoms with Crippen LogP contribution in [0, 0.1) is 0 Å². The van der Waals surface area contributed by atoms with E-state index < -0.39 is 0 Å². The molecule has 3 nitrogen and oxygen atoms in total. The minimum absolute atomic E-state index is 0.236. The Morgan fingerprint density at radius 1 is 1.50 bits per heavy atom. The second-order valence-corrected chi connectivity index (χ2v) is 3.40. The average Bonchev–Trinajstić information content (AvgIpc) is 2.39. The van der Waals surface area contributed by atoms with Crippen molar-refractivity contribution in [2.75, 3.05) is 20.1 Å². The minimum atomic E-state index is 0.236. The van der Waals surface area contributed by atoms with Gasteiger partial charge >= 0.3 is 0 Å². The number of likely N-dealkylation sites (tertiary alicyclic amines) is 1. The van der Waals surface area contributed by atoms with Crippen LogP contribution in [0.2, 0.25) is 0 Å². The molecule has 0 aromatic heterocycles. The minimum Gasteiger partial charge on any atom is -0.338 e. The summed E-state index contributed by atoms with van der Waals surface area (Å²) in [6.07, 6.45) is 3.54. The number of amides is 1. The number of nitrogens with zero attached hydrogens (tertiary/aromatic N) is 2. The molecule has 1 rings (SSSR count). The number of aliphatic imine (C=N–C) groups is 1. The lowest BCUT2D eigenvalue weighted by Gasteiger charge is -2.29. The van der Waals surface area contributed by atoms with Gasteiger partial charge in [-0.25, -0.2) is 0 Å². The SMILES string of the molecule is C/C=C1/CN(C(=O)CC)CCC1=NC.CC. The summed E-state index contributed by atoms with van der Waals surface area (Å²) < 4.78 is 0. The molecule has 0 spiro atoms. The van der Waals surface area contributed by atoms with Crippen LogP contribution in [0.5, 0.6) is 0 Å². The molecule has 1 heterocycles. The highest BCUT2D eigenvalue weighted by atomic mass is 16.2. The number of rotatable bonds is 1. The molecule has 0 radical (unpaired) electrons. The van der Waals surface area contributed by atoms with E-state index in [1.165, 1.54) is 5.57 Å². The molecular formula is C13H24N2O. The van der Waals surface area contributed by atoms with E-state index >= 15 is 0 Å². The lowest BCUT2D eigenvalue weighted by atomic mass is 10.0. The first kappa shape index (κ1) is 14.9. The van der Waals surface area contributed by atoms with Crippen LogP contribution >= 0.6 is 0 Å². The molecule has 3 heteroatoms. The predicted molar refractivity (Wildman–Crippen MR) is 70.0 cm³/mol. The van der Waals surface area contributed by atoms with Crippen LogP contribution in [-0.4, -0.2) is 36.7 Å². The summed E-state index contributed by atoms with van der Waals surface area (Å²) in [4.78, 5) is 17.6. The molecule has 1 saturated heterocycles. The molecule has 0 bridgehead atoms.